The van der Waals surface area contributed by atoms with Gasteiger partial charge in [-0.2, -0.15) is 0 Å². The topological polar surface area (TPSA) is 27.7 Å². The molecule has 0 atom stereocenters. The minimum atomic E-state index is -2.44. The first-order chi connectivity index (χ1) is 10.6. The van der Waals surface area contributed by atoms with E-state index in [9.17, 15) is 0 Å². The first kappa shape index (κ1) is 22.6. The van der Waals surface area contributed by atoms with E-state index in [0.717, 1.165) is 43.1 Å². The van der Waals surface area contributed by atoms with Crippen molar-refractivity contribution in [3.05, 3.63) is 35.9 Å². The van der Waals surface area contributed by atoms with Crippen molar-refractivity contribution in [1.82, 2.24) is 0 Å². The lowest BCUT2D eigenvalue weighted by molar-refractivity contribution is -0.937. The molecule has 0 bridgehead atoms. The maximum atomic E-state index is 5.52. The average Bonchev–Trinajstić information content (AvgIpc) is 2.59. The van der Waals surface area contributed by atoms with Crippen LogP contribution in [0.2, 0.25) is 6.04 Å². The van der Waals surface area contributed by atoms with Crippen LogP contribution < -0.4 is 12.4 Å². The molecule has 0 aliphatic carbocycles. The molecule has 0 aliphatic heterocycles. The zero-order valence-corrected chi connectivity index (χ0v) is 16.9. The van der Waals surface area contributed by atoms with Crippen molar-refractivity contribution >= 4 is 8.80 Å². The number of nitrogens with zero attached hydrogens (tertiary/aromatic N) is 1. The fraction of sp³-hybridized carbons (Fsp3) is 0.647. The third-order valence-electron chi connectivity index (χ3n) is 4.75. The number of quaternary nitrogens is 1. The Bertz CT molecular complexity index is 403. The van der Waals surface area contributed by atoms with Crippen LogP contribution in [0.5, 0.6) is 0 Å². The minimum Gasteiger partial charge on any atom is -1.00 e. The summed E-state index contributed by atoms with van der Waals surface area (Å²) in [5, 5.41) is 0. The lowest BCUT2D eigenvalue weighted by Crippen LogP contribution is -3.00. The Morgan fingerprint density at radius 1 is 0.913 bits per heavy atom. The van der Waals surface area contributed by atoms with Gasteiger partial charge in [0.25, 0.3) is 0 Å². The van der Waals surface area contributed by atoms with Crippen LogP contribution in [-0.2, 0) is 19.8 Å². The summed E-state index contributed by atoms with van der Waals surface area (Å²) in [6, 6.07) is 11.6. The van der Waals surface area contributed by atoms with Gasteiger partial charge in [0, 0.05) is 39.4 Å². The smallest absolute Gasteiger partial charge is 0.500 e. The van der Waals surface area contributed by atoms with E-state index in [1.54, 1.807) is 21.3 Å². The number of rotatable bonds is 11. The Labute approximate surface area is 149 Å². The first-order valence-electron chi connectivity index (χ1n) is 8.13. The fourth-order valence-corrected chi connectivity index (χ4v) is 4.70. The molecule has 0 saturated heterocycles. The van der Waals surface area contributed by atoms with Gasteiger partial charge < -0.3 is 30.2 Å². The van der Waals surface area contributed by atoms with Gasteiger partial charge in [-0.1, -0.05) is 30.3 Å². The van der Waals surface area contributed by atoms with Crippen LogP contribution in [-0.4, -0.2) is 54.3 Å². The summed E-state index contributed by atoms with van der Waals surface area (Å²) in [6.45, 7) is 9.02. The number of benzene rings is 1. The second kappa shape index (κ2) is 11.2. The maximum Gasteiger partial charge on any atom is 0.500 e. The molecule has 4 nitrogen and oxygen atoms in total. The minimum absolute atomic E-state index is 0. The molecule has 0 aromatic heterocycles. The van der Waals surface area contributed by atoms with Gasteiger partial charge in [-0.15, -0.1) is 0 Å². The Hall–Kier alpha value is -0.433. The number of hydrogen-bond donors (Lipinski definition) is 0. The molecule has 6 heteroatoms. The van der Waals surface area contributed by atoms with Gasteiger partial charge in [-0.25, -0.2) is 0 Å². The molecule has 0 amide bonds. The van der Waals surface area contributed by atoms with E-state index < -0.39 is 8.80 Å². The van der Waals surface area contributed by atoms with Gasteiger partial charge in [-0.05, 0) is 13.8 Å². The van der Waals surface area contributed by atoms with E-state index in [0.29, 0.717) is 0 Å². The summed E-state index contributed by atoms with van der Waals surface area (Å²) in [7, 11) is 2.61. The fourth-order valence-electron chi connectivity index (χ4n) is 3.00. The normalized spacial score (nSPS) is 12.0. The SMILES string of the molecule is CC[N+](CC)(CCC[Si](OC)(OC)OC)Cc1ccccc1.[Cl-]. The van der Waals surface area contributed by atoms with Crippen molar-refractivity contribution in [3.63, 3.8) is 0 Å². The molecule has 1 rings (SSSR count). The number of halogens is 1. The Balaban J connectivity index is 0.00000484. The van der Waals surface area contributed by atoms with E-state index in [-0.39, 0.29) is 12.4 Å². The van der Waals surface area contributed by atoms with Gasteiger partial charge in [0.1, 0.15) is 6.54 Å². The standard InChI is InChI=1S/C17H32NO3Si.ClH/c1-6-18(7-2,16-17-12-9-8-10-13-17)14-11-15-22(19-3,20-4)21-5;/h8-10,12-13H,6-7,11,14-16H2,1-5H3;1H/q+1;/p-1. The largest absolute Gasteiger partial charge is 1.00 e. The van der Waals surface area contributed by atoms with Crippen LogP contribution in [0.3, 0.4) is 0 Å². The summed E-state index contributed by atoms with van der Waals surface area (Å²) in [6.07, 6.45) is 1.05. The highest BCUT2D eigenvalue weighted by molar-refractivity contribution is 6.60. The predicted molar refractivity (Wildman–Crippen MR) is 92.6 cm³/mol. The summed E-state index contributed by atoms with van der Waals surface area (Å²) < 4.78 is 17.7. The highest BCUT2D eigenvalue weighted by atomic mass is 35.5. The van der Waals surface area contributed by atoms with Gasteiger partial charge in [0.2, 0.25) is 0 Å². The van der Waals surface area contributed by atoms with Crippen LogP contribution in [0.1, 0.15) is 25.8 Å². The molecule has 0 unspecified atom stereocenters. The van der Waals surface area contributed by atoms with E-state index in [1.165, 1.54) is 5.56 Å². The molecule has 23 heavy (non-hydrogen) atoms. The lowest BCUT2D eigenvalue weighted by Gasteiger charge is -2.37. The van der Waals surface area contributed by atoms with Gasteiger partial charge >= 0.3 is 8.80 Å². The van der Waals surface area contributed by atoms with Crippen LogP contribution in [0, 0.1) is 0 Å². The highest BCUT2D eigenvalue weighted by Gasteiger charge is 2.38. The summed E-state index contributed by atoms with van der Waals surface area (Å²) >= 11 is 0. The van der Waals surface area contributed by atoms with Crippen molar-refractivity contribution < 1.29 is 30.2 Å². The Morgan fingerprint density at radius 2 is 1.43 bits per heavy atom. The third-order valence-corrected chi connectivity index (χ3v) is 7.58. The van der Waals surface area contributed by atoms with E-state index in [4.69, 9.17) is 13.3 Å². The third kappa shape index (κ3) is 6.53. The molecule has 0 fully saturated rings. The molecule has 1 aromatic rings. The summed E-state index contributed by atoms with van der Waals surface area (Å²) in [4.78, 5) is 0. The number of hydrogen-bond acceptors (Lipinski definition) is 3. The Kier molecular flexibility index (Phi) is 11.0. The molecular weight excluding hydrogens is 330 g/mol. The highest BCUT2D eigenvalue weighted by Crippen LogP contribution is 2.20. The maximum absolute atomic E-state index is 5.52. The molecule has 0 radical (unpaired) electrons. The van der Waals surface area contributed by atoms with Gasteiger partial charge in [-0.3, -0.25) is 0 Å². The van der Waals surface area contributed by atoms with E-state index in [1.807, 2.05) is 0 Å². The molecule has 0 spiro atoms. The van der Waals surface area contributed by atoms with Crippen LogP contribution in [0.25, 0.3) is 0 Å². The molecule has 134 valence electrons. The second-order valence-corrected chi connectivity index (χ2v) is 8.83. The quantitative estimate of drug-likeness (QED) is 0.419. The molecule has 0 aliphatic rings. The molecule has 1 aromatic carbocycles. The van der Waals surface area contributed by atoms with Crippen LogP contribution >= 0.6 is 0 Å². The van der Waals surface area contributed by atoms with Crippen molar-refractivity contribution in [2.75, 3.05) is 41.0 Å². The average molecular weight is 362 g/mol. The Morgan fingerprint density at radius 3 is 1.87 bits per heavy atom. The first-order valence-corrected chi connectivity index (χ1v) is 10.1. The van der Waals surface area contributed by atoms with Crippen molar-refractivity contribution in [2.45, 2.75) is 32.9 Å². The zero-order chi connectivity index (χ0) is 16.5. The lowest BCUT2D eigenvalue weighted by atomic mass is 10.1. The molecule has 0 heterocycles. The molecule has 0 N–H and O–H groups in total. The van der Waals surface area contributed by atoms with Crippen LogP contribution in [0.4, 0.5) is 0 Å². The summed E-state index contributed by atoms with van der Waals surface area (Å²) in [5.41, 5.74) is 1.40. The van der Waals surface area contributed by atoms with E-state index in [2.05, 4.69) is 44.2 Å². The van der Waals surface area contributed by atoms with E-state index >= 15 is 0 Å². The van der Waals surface area contributed by atoms with Gasteiger partial charge in [0.15, 0.2) is 0 Å². The zero-order valence-electron chi connectivity index (χ0n) is 15.2. The van der Waals surface area contributed by atoms with Crippen molar-refractivity contribution in [2.24, 2.45) is 0 Å². The van der Waals surface area contributed by atoms with Gasteiger partial charge in [0.05, 0.1) is 19.6 Å². The van der Waals surface area contributed by atoms with Crippen molar-refractivity contribution in [3.8, 4) is 0 Å². The molecule has 0 saturated carbocycles. The van der Waals surface area contributed by atoms with Crippen LogP contribution in [0.15, 0.2) is 30.3 Å². The van der Waals surface area contributed by atoms with Crippen molar-refractivity contribution in [1.29, 1.82) is 0 Å². The molecular formula is C17H32ClNO3Si. The monoisotopic (exact) mass is 361 g/mol. The predicted octanol–water partition coefficient (Wildman–Crippen LogP) is 0.315. The second-order valence-electron chi connectivity index (χ2n) is 5.74. The summed E-state index contributed by atoms with van der Waals surface area (Å²) in [5.74, 6) is 0.